The minimum absolute atomic E-state index is 0.108. The summed E-state index contributed by atoms with van der Waals surface area (Å²) in [6.45, 7) is 9.73. The van der Waals surface area contributed by atoms with Crippen molar-refractivity contribution in [3.05, 3.63) is 39.9 Å². The molecular formula is C25H39N5O9. The average Bonchev–Trinajstić information content (AvgIpc) is 2.74. The molecule has 0 unspecified atom stereocenters. The van der Waals surface area contributed by atoms with Crippen LogP contribution in [0.5, 0.6) is 0 Å². The van der Waals surface area contributed by atoms with Crippen molar-refractivity contribution < 1.29 is 38.3 Å². The first-order valence-corrected chi connectivity index (χ1v) is 12.3. The van der Waals surface area contributed by atoms with Crippen molar-refractivity contribution in [1.82, 2.24) is 21.1 Å². The molecule has 0 saturated carbocycles. The summed E-state index contributed by atoms with van der Waals surface area (Å²) in [6, 6.07) is 5.17. The number of likely N-dealkylation sites (N-methyl/N-ethyl adjacent to an activating group) is 1. The number of ether oxygens (including phenoxy) is 3. The lowest BCUT2D eigenvalue weighted by Crippen LogP contribution is -2.47. The first-order valence-electron chi connectivity index (χ1n) is 12.3. The van der Waals surface area contributed by atoms with Crippen molar-refractivity contribution in [3.63, 3.8) is 0 Å². The number of hydrazine groups is 1. The maximum atomic E-state index is 12.6. The SMILES string of the molecule is CN(CC(=O)OCc1ccccc1[N+](=O)[O-])NC(=O)C[C@H](CCNC(=O)OC(C)(C)C)NC(=O)OC(C)(C)C. The minimum atomic E-state index is -0.758. The van der Waals surface area contributed by atoms with E-state index in [1.807, 2.05) is 0 Å². The minimum Gasteiger partial charge on any atom is -0.460 e. The van der Waals surface area contributed by atoms with Crippen LogP contribution in [0.15, 0.2) is 24.3 Å². The van der Waals surface area contributed by atoms with Crippen LogP contribution in [0.4, 0.5) is 15.3 Å². The van der Waals surface area contributed by atoms with E-state index >= 15 is 0 Å². The maximum absolute atomic E-state index is 12.6. The topological polar surface area (TPSA) is 178 Å². The van der Waals surface area contributed by atoms with Crippen LogP contribution < -0.4 is 16.1 Å². The number of esters is 1. The van der Waals surface area contributed by atoms with Crippen LogP contribution in [-0.4, -0.2) is 71.4 Å². The molecule has 0 aliphatic carbocycles. The third kappa shape index (κ3) is 15.2. The van der Waals surface area contributed by atoms with Crippen LogP contribution in [0.2, 0.25) is 0 Å². The van der Waals surface area contributed by atoms with Gasteiger partial charge < -0.3 is 24.8 Å². The number of para-hydroxylation sites is 1. The molecule has 0 aliphatic rings. The van der Waals surface area contributed by atoms with Gasteiger partial charge in [0, 0.05) is 32.1 Å². The number of rotatable bonds is 12. The van der Waals surface area contributed by atoms with E-state index in [9.17, 15) is 29.3 Å². The van der Waals surface area contributed by atoms with E-state index in [-0.39, 0.29) is 43.8 Å². The van der Waals surface area contributed by atoms with E-state index in [0.29, 0.717) is 0 Å². The molecule has 39 heavy (non-hydrogen) atoms. The highest BCUT2D eigenvalue weighted by atomic mass is 16.6. The van der Waals surface area contributed by atoms with Gasteiger partial charge in [-0.15, -0.1) is 0 Å². The Hall–Kier alpha value is -3.94. The fourth-order valence-electron chi connectivity index (χ4n) is 3.09. The van der Waals surface area contributed by atoms with Gasteiger partial charge in [-0.25, -0.2) is 14.6 Å². The molecule has 0 aromatic heterocycles. The molecule has 14 nitrogen and oxygen atoms in total. The predicted molar refractivity (Wildman–Crippen MR) is 140 cm³/mol. The molecule has 3 amide bonds. The number of nitrogens with one attached hydrogen (secondary N) is 3. The Morgan fingerprint density at radius 1 is 1.00 bits per heavy atom. The summed E-state index contributed by atoms with van der Waals surface area (Å²) < 4.78 is 15.5. The molecule has 1 aromatic rings. The Kier molecular flexibility index (Phi) is 12.6. The molecule has 1 atom stereocenters. The molecule has 1 rings (SSSR count). The number of carbonyl (C=O) groups excluding carboxylic acids is 4. The molecule has 0 radical (unpaired) electrons. The number of hydrogen-bond acceptors (Lipinski definition) is 10. The van der Waals surface area contributed by atoms with Gasteiger partial charge >= 0.3 is 18.2 Å². The molecule has 14 heteroatoms. The van der Waals surface area contributed by atoms with Crippen LogP contribution in [0.1, 0.15) is 59.9 Å². The van der Waals surface area contributed by atoms with Crippen molar-refractivity contribution in [2.75, 3.05) is 20.1 Å². The standard InChI is InChI=1S/C25H39N5O9/c1-24(2,3)38-22(33)26-13-12-18(27-23(34)39-25(4,5)6)14-20(31)28-29(7)15-21(32)37-16-17-10-8-9-11-19(17)30(35)36/h8-11,18H,12-16H2,1-7H3,(H,26,33)(H,27,34)(H,28,31)/t18-/m0/s1. The van der Waals surface area contributed by atoms with Crippen LogP contribution in [0.3, 0.4) is 0 Å². The predicted octanol–water partition coefficient (Wildman–Crippen LogP) is 2.80. The Labute approximate surface area is 227 Å². The Bertz CT molecular complexity index is 1020. The second-order valence-electron chi connectivity index (χ2n) is 10.7. The molecular weight excluding hydrogens is 514 g/mol. The summed E-state index contributed by atoms with van der Waals surface area (Å²) in [4.78, 5) is 59.5. The van der Waals surface area contributed by atoms with Crippen LogP contribution >= 0.6 is 0 Å². The number of nitrogens with zero attached hydrogens (tertiary/aromatic N) is 2. The second kappa shape index (κ2) is 14.9. The van der Waals surface area contributed by atoms with Crippen LogP contribution in [0.25, 0.3) is 0 Å². The average molecular weight is 554 g/mol. The zero-order valence-electron chi connectivity index (χ0n) is 23.5. The van der Waals surface area contributed by atoms with Crippen molar-refractivity contribution >= 4 is 29.8 Å². The van der Waals surface area contributed by atoms with Gasteiger partial charge in [0.15, 0.2) is 0 Å². The zero-order valence-corrected chi connectivity index (χ0v) is 23.5. The highest BCUT2D eigenvalue weighted by molar-refractivity contribution is 5.78. The fourth-order valence-corrected chi connectivity index (χ4v) is 3.09. The van der Waals surface area contributed by atoms with Gasteiger partial charge in [-0.05, 0) is 54.0 Å². The van der Waals surface area contributed by atoms with E-state index in [4.69, 9.17) is 14.2 Å². The van der Waals surface area contributed by atoms with E-state index in [0.717, 1.165) is 0 Å². The molecule has 0 fully saturated rings. The molecule has 0 saturated heterocycles. The largest absolute Gasteiger partial charge is 0.460 e. The van der Waals surface area contributed by atoms with Gasteiger partial charge in [-0.2, -0.15) is 0 Å². The quantitative estimate of drug-likeness (QED) is 0.151. The molecule has 1 aromatic carbocycles. The summed E-state index contributed by atoms with van der Waals surface area (Å²) in [5.74, 6) is -1.25. The Morgan fingerprint density at radius 3 is 2.18 bits per heavy atom. The summed E-state index contributed by atoms with van der Waals surface area (Å²) >= 11 is 0. The lowest BCUT2D eigenvalue weighted by Gasteiger charge is -2.25. The van der Waals surface area contributed by atoms with Crippen molar-refractivity contribution in [1.29, 1.82) is 0 Å². The third-order valence-corrected chi connectivity index (χ3v) is 4.57. The van der Waals surface area contributed by atoms with Crippen molar-refractivity contribution in [2.45, 2.75) is 78.2 Å². The monoisotopic (exact) mass is 553 g/mol. The number of hydrogen-bond donors (Lipinski definition) is 3. The van der Waals surface area contributed by atoms with Gasteiger partial charge in [0.25, 0.3) is 5.69 Å². The van der Waals surface area contributed by atoms with Gasteiger partial charge in [0.2, 0.25) is 5.91 Å². The molecule has 0 heterocycles. The second-order valence-corrected chi connectivity index (χ2v) is 10.7. The summed E-state index contributed by atoms with van der Waals surface area (Å²) in [6.07, 6.45) is -1.37. The first kappa shape index (κ1) is 33.1. The zero-order chi connectivity index (χ0) is 29.8. The van der Waals surface area contributed by atoms with E-state index in [1.165, 1.54) is 30.3 Å². The van der Waals surface area contributed by atoms with Crippen LogP contribution in [-0.2, 0) is 30.4 Å². The number of benzene rings is 1. The number of carbonyl (C=O) groups is 4. The van der Waals surface area contributed by atoms with Gasteiger partial charge in [0.1, 0.15) is 24.4 Å². The third-order valence-electron chi connectivity index (χ3n) is 4.57. The van der Waals surface area contributed by atoms with E-state index < -0.39 is 46.2 Å². The summed E-state index contributed by atoms with van der Waals surface area (Å²) in [7, 11) is 1.44. The lowest BCUT2D eigenvalue weighted by molar-refractivity contribution is -0.385. The maximum Gasteiger partial charge on any atom is 0.407 e. The molecule has 3 N–H and O–H groups in total. The summed E-state index contributed by atoms with van der Waals surface area (Å²) in [5.41, 5.74) is 1.13. The van der Waals surface area contributed by atoms with Crippen molar-refractivity contribution in [3.8, 4) is 0 Å². The Morgan fingerprint density at radius 2 is 1.59 bits per heavy atom. The first-order chi connectivity index (χ1) is 17.9. The number of nitro groups is 1. The van der Waals surface area contributed by atoms with Gasteiger partial charge in [-0.1, -0.05) is 12.1 Å². The highest BCUT2D eigenvalue weighted by Gasteiger charge is 2.23. The smallest absolute Gasteiger partial charge is 0.407 e. The number of amides is 3. The van der Waals surface area contributed by atoms with E-state index in [1.54, 1.807) is 47.6 Å². The Balaban J connectivity index is 2.64. The van der Waals surface area contributed by atoms with Crippen LogP contribution in [0, 0.1) is 10.1 Å². The fraction of sp³-hybridized carbons (Fsp3) is 0.600. The van der Waals surface area contributed by atoms with Crippen molar-refractivity contribution in [2.24, 2.45) is 0 Å². The van der Waals surface area contributed by atoms with Gasteiger partial charge in [0.05, 0.1) is 10.5 Å². The number of alkyl carbamates (subject to hydrolysis) is 2. The van der Waals surface area contributed by atoms with E-state index in [2.05, 4.69) is 16.1 Å². The molecule has 0 bridgehead atoms. The summed E-state index contributed by atoms with van der Waals surface area (Å²) in [5, 5.41) is 17.5. The van der Waals surface area contributed by atoms with Gasteiger partial charge in [-0.3, -0.25) is 25.1 Å². The number of nitro benzene ring substituents is 1. The highest BCUT2D eigenvalue weighted by Crippen LogP contribution is 2.18. The molecule has 218 valence electrons. The molecule has 0 spiro atoms. The lowest BCUT2D eigenvalue weighted by atomic mass is 10.1. The molecule has 0 aliphatic heterocycles. The normalized spacial score (nSPS) is 12.2.